The fraction of sp³-hybridized carbons (Fsp3) is 0.551. The minimum atomic E-state index is -0.748. The maximum Gasteiger partial charge on any atom is 0.410 e. The maximum atomic E-state index is 15.3. The number of piperazine rings is 1. The highest BCUT2D eigenvalue weighted by atomic mass is 19.1. The average Bonchev–Trinajstić information content (AvgIpc) is 3.96. The second-order valence-electron chi connectivity index (χ2n) is 21.0. The molecular weight excluding hydrogens is 919 g/mol. The molecule has 4 saturated heterocycles. The first-order valence-corrected chi connectivity index (χ1v) is 24.6. The summed E-state index contributed by atoms with van der Waals surface area (Å²) >= 11 is 0. The number of nitrogens with one attached hydrogen (secondary N) is 2. The Hall–Kier alpha value is -6.84. The number of aromatic nitrogens is 7. The van der Waals surface area contributed by atoms with E-state index in [9.17, 15) is 19.2 Å². The molecule has 4 amide bonds. The lowest BCUT2D eigenvalue weighted by Crippen LogP contribution is -2.52. The van der Waals surface area contributed by atoms with Crippen LogP contribution in [0.1, 0.15) is 102 Å². The molecule has 5 fully saturated rings. The van der Waals surface area contributed by atoms with Crippen molar-refractivity contribution in [2.45, 2.75) is 102 Å². The zero-order chi connectivity index (χ0) is 49.8. The van der Waals surface area contributed by atoms with Crippen LogP contribution in [0.2, 0.25) is 0 Å². The van der Waals surface area contributed by atoms with E-state index in [4.69, 9.17) is 30.1 Å². The zero-order valence-corrected chi connectivity index (χ0v) is 40.5. The number of ether oxygens (including phenoxy) is 1. The van der Waals surface area contributed by atoms with Gasteiger partial charge in [0.05, 0.1) is 16.5 Å². The number of fused-ring (bicyclic) bond motifs is 1. The molecule has 10 rings (SSSR count). The number of carbonyl (C=O) groups excluding carboxylic acids is 4. The van der Waals surface area contributed by atoms with E-state index < -0.39 is 35.2 Å². The van der Waals surface area contributed by atoms with Gasteiger partial charge in [-0.3, -0.25) is 24.6 Å². The van der Waals surface area contributed by atoms with E-state index in [1.54, 1.807) is 14.7 Å². The maximum absolute atomic E-state index is 15.3. The fourth-order valence-electron chi connectivity index (χ4n) is 10.4. The molecule has 376 valence electrons. The molecule has 1 aromatic carbocycles. The molecule has 1 saturated carbocycles. The Kier molecular flexibility index (Phi) is 12.8. The molecule has 1 atom stereocenters. The summed E-state index contributed by atoms with van der Waals surface area (Å²) in [6, 6.07) is 1.63. The summed E-state index contributed by atoms with van der Waals surface area (Å²) < 4.78 is 44.0. The second-order valence-corrected chi connectivity index (χ2v) is 21.0. The fourth-order valence-corrected chi connectivity index (χ4v) is 10.4. The third-order valence-corrected chi connectivity index (χ3v) is 14.7. The van der Waals surface area contributed by atoms with Crippen LogP contribution in [0.4, 0.5) is 30.8 Å². The third-order valence-electron chi connectivity index (χ3n) is 14.7. The SMILES string of the molecule is CC1(CN2CCN(c3c(F)cc(NC4CCC(=O)NC4=O)cc3F)CC2)CCN(C(=O)COC(=O)N2CCC(c3cnc(-c4c(-c5nn(C(C)(C)C)c6ncnc(N)c56)noc4C4CC4)nc3)CC2)CC1. The van der Waals surface area contributed by atoms with Crippen molar-refractivity contribution in [3.63, 3.8) is 0 Å². The highest BCUT2D eigenvalue weighted by molar-refractivity contribution is 6.02. The molecule has 4 N–H and O–H groups in total. The lowest BCUT2D eigenvalue weighted by atomic mass is 9.79. The van der Waals surface area contributed by atoms with Gasteiger partial charge in [-0.25, -0.2) is 38.2 Å². The molecule has 20 nitrogen and oxygen atoms in total. The van der Waals surface area contributed by atoms with Crippen molar-refractivity contribution in [2.75, 3.05) is 81.5 Å². The topological polar surface area (TPSA) is 236 Å². The van der Waals surface area contributed by atoms with Gasteiger partial charge in [-0.1, -0.05) is 12.1 Å². The smallest absolute Gasteiger partial charge is 0.410 e. The van der Waals surface area contributed by atoms with E-state index in [-0.39, 0.29) is 59.9 Å². The van der Waals surface area contributed by atoms with Crippen molar-refractivity contribution in [1.82, 2.24) is 54.9 Å². The van der Waals surface area contributed by atoms with Gasteiger partial charge in [-0.05, 0) is 94.7 Å². The Bertz CT molecular complexity index is 2810. The van der Waals surface area contributed by atoms with E-state index in [2.05, 4.69) is 37.6 Å². The molecule has 5 aromatic rings. The number of hydrogen-bond acceptors (Lipinski definition) is 16. The number of nitrogens with zero attached hydrogens (tertiary/aromatic N) is 11. The summed E-state index contributed by atoms with van der Waals surface area (Å²) in [5.74, 6) is -0.728. The number of benzene rings is 1. The Morgan fingerprint density at radius 2 is 1.58 bits per heavy atom. The van der Waals surface area contributed by atoms with Crippen LogP contribution in [0, 0.1) is 17.0 Å². The molecule has 22 heteroatoms. The molecular formula is C49H60F2N14O6. The van der Waals surface area contributed by atoms with E-state index in [0.29, 0.717) is 105 Å². The van der Waals surface area contributed by atoms with Crippen molar-refractivity contribution >= 4 is 52.0 Å². The molecule has 0 bridgehead atoms. The van der Waals surface area contributed by atoms with Crippen molar-refractivity contribution in [2.24, 2.45) is 5.41 Å². The van der Waals surface area contributed by atoms with Crippen molar-refractivity contribution < 1.29 is 37.2 Å². The number of imide groups is 1. The third kappa shape index (κ3) is 9.94. The highest BCUT2D eigenvalue weighted by Gasteiger charge is 2.38. The van der Waals surface area contributed by atoms with Crippen LogP contribution in [0.25, 0.3) is 33.8 Å². The minimum absolute atomic E-state index is 0.0682. The number of amides is 4. The summed E-state index contributed by atoms with van der Waals surface area (Å²) in [6.45, 7) is 12.9. The first-order chi connectivity index (χ1) is 34.0. The van der Waals surface area contributed by atoms with E-state index in [0.717, 1.165) is 43.6 Å². The van der Waals surface area contributed by atoms with Crippen molar-refractivity contribution in [3.05, 3.63) is 53.8 Å². The monoisotopic (exact) mass is 978 g/mol. The van der Waals surface area contributed by atoms with Gasteiger partial charge in [0, 0.05) is 89.3 Å². The molecule has 0 radical (unpaired) electrons. The van der Waals surface area contributed by atoms with E-state index in [1.165, 1.54) is 18.5 Å². The molecule has 5 aliphatic rings. The standard InChI is InChI=1S/C49H60F2N14O6/c1-48(2,3)65-45-38(43(52)55-27-56-45)39(59-65)40-37(42(71-60-40)29-5-6-29)44-53-23-30(24-54-44)28-9-13-64(14-10-28)47(69)70-25-36(67)62-15-11-49(4,12-16-62)26-61-17-19-63(20-18-61)41-32(50)21-31(22-33(41)51)57-34-7-8-35(66)58-46(34)68/h21-24,27-29,34,57H,5-20,25-26H2,1-4H3,(H2,52,55,56)(H,58,66,68). The van der Waals surface area contributed by atoms with Crippen molar-refractivity contribution in [3.8, 4) is 22.8 Å². The second kappa shape index (κ2) is 19.1. The van der Waals surface area contributed by atoms with Gasteiger partial charge >= 0.3 is 6.09 Å². The molecule has 4 aromatic heterocycles. The zero-order valence-electron chi connectivity index (χ0n) is 40.5. The predicted molar refractivity (Wildman–Crippen MR) is 257 cm³/mol. The number of piperidine rings is 3. The Morgan fingerprint density at radius 3 is 2.23 bits per heavy atom. The predicted octanol–water partition coefficient (Wildman–Crippen LogP) is 5.42. The largest absolute Gasteiger partial charge is 0.439 e. The lowest BCUT2D eigenvalue weighted by molar-refractivity contribution is -0.137. The number of anilines is 3. The Balaban J connectivity index is 0.675. The summed E-state index contributed by atoms with van der Waals surface area (Å²) in [5.41, 5.74) is 9.23. The molecule has 1 unspecified atom stereocenters. The Labute approximate surface area is 409 Å². The van der Waals surface area contributed by atoms with E-state index >= 15 is 8.78 Å². The summed E-state index contributed by atoms with van der Waals surface area (Å²) in [6.07, 6.45) is 9.83. The lowest BCUT2D eigenvalue weighted by Gasteiger charge is -2.44. The van der Waals surface area contributed by atoms with Crippen LogP contribution < -0.4 is 21.3 Å². The molecule has 0 spiro atoms. The number of rotatable bonds is 11. The number of nitrogen functional groups attached to an aromatic ring is 1. The van der Waals surface area contributed by atoms with Crippen LogP contribution in [0.5, 0.6) is 0 Å². The number of nitrogens with two attached hydrogens (primary N) is 1. The van der Waals surface area contributed by atoms with Crippen LogP contribution in [-0.2, 0) is 24.7 Å². The van der Waals surface area contributed by atoms with Gasteiger partial charge in [0.2, 0.25) is 11.8 Å². The molecule has 1 aliphatic carbocycles. The summed E-state index contributed by atoms with van der Waals surface area (Å²) in [4.78, 5) is 75.9. The van der Waals surface area contributed by atoms with Gasteiger partial charge < -0.3 is 35.0 Å². The average molecular weight is 979 g/mol. The Morgan fingerprint density at radius 1 is 0.887 bits per heavy atom. The quantitative estimate of drug-likeness (QED) is 0.140. The number of carbonyl (C=O) groups is 4. The first-order valence-electron chi connectivity index (χ1n) is 24.6. The highest BCUT2D eigenvalue weighted by Crippen LogP contribution is 2.48. The molecule has 71 heavy (non-hydrogen) atoms. The normalized spacial score (nSPS) is 20.4. The van der Waals surface area contributed by atoms with Gasteiger partial charge in [0.1, 0.15) is 35.3 Å². The van der Waals surface area contributed by atoms with Gasteiger partial charge in [-0.15, -0.1) is 0 Å². The summed E-state index contributed by atoms with van der Waals surface area (Å²) in [5, 5.41) is 15.1. The van der Waals surface area contributed by atoms with Crippen LogP contribution >= 0.6 is 0 Å². The number of hydrogen-bond donors (Lipinski definition) is 3. The minimum Gasteiger partial charge on any atom is -0.439 e. The number of halogens is 2. The van der Waals surface area contributed by atoms with Gasteiger partial charge in [0.15, 0.2) is 35.5 Å². The van der Waals surface area contributed by atoms with Crippen molar-refractivity contribution in [1.29, 1.82) is 0 Å². The van der Waals surface area contributed by atoms with Crippen LogP contribution in [0.15, 0.2) is 35.4 Å². The number of likely N-dealkylation sites (tertiary alicyclic amines) is 2. The summed E-state index contributed by atoms with van der Waals surface area (Å²) in [7, 11) is 0. The van der Waals surface area contributed by atoms with E-state index in [1.807, 2.05) is 37.8 Å². The molecule has 4 aliphatic heterocycles. The molecule has 8 heterocycles. The first kappa shape index (κ1) is 47.8. The van der Waals surface area contributed by atoms with Gasteiger partial charge in [0.25, 0.3) is 5.91 Å². The van der Waals surface area contributed by atoms with Gasteiger partial charge in [-0.2, -0.15) is 5.10 Å². The van der Waals surface area contributed by atoms with Crippen LogP contribution in [0.3, 0.4) is 0 Å². The van der Waals surface area contributed by atoms with Crippen LogP contribution in [-0.4, -0.2) is 145 Å².